The summed E-state index contributed by atoms with van der Waals surface area (Å²) < 4.78 is 13.2. The fraction of sp³-hybridized carbons (Fsp3) is 0.273. The first-order valence-electron chi connectivity index (χ1n) is 9.53. The normalized spacial score (nSPS) is 15.9. The first kappa shape index (κ1) is 19.0. The van der Waals surface area contributed by atoms with Crippen LogP contribution in [-0.4, -0.2) is 26.7 Å². The molecule has 0 saturated heterocycles. The average molecular weight is 394 g/mol. The lowest BCUT2D eigenvalue weighted by Crippen LogP contribution is -2.35. The molecule has 1 atom stereocenters. The second kappa shape index (κ2) is 7.24. The maximum Gasteiger partial charge on any atom is 0.229 e. The SMILES string of the molecule is Cc1nc(Nc2ccc(F)cc2)nc(N2CCc3c(O)ccc(O)c3C2C)c1C. The summed E-state index contributed by atoms with van der Waals surface area (Å²) in [6.07, 6.45) is 0.600. The van der Waals surface area contributed by atoms with Crippen molar-refractivity contribution >= 4 is 17.5 Å². The van der Waals surface area contributed by atoms with Gasteiger partial charge in [-0.2, -0.15) is 4.98 Å². The van der Waals surface area contributed by atoms with E-state index in [0.717, 1.165) is 28.2 Å². The molecule has 150 valence electrons. The molecule has 4 rings (SSSR count). The van der Waals surface area contributed by atoms with Gasteiger partial charge in [0.25, 0.3) is 0 Å². The molecule has 7 heteroatoms. The highest BCUT2D eigenvalue weighted by Crippen LogP contribution is 2.42. The zero-order chi connectivity index (χ0) is 20.7. The van der Waals surface area contributed by atoms with Gasteiger partial charge in [0.1, 0.15) is 23.1 Å². The summed E-state index contributed by atoms with van der Waals surface area (Å²) in [6, 6.07) is 8.90. The Labute approximate surface area is 168 Å². The minimum atomic E-state index is -0.305. The smallest absolute Gasteiger partial charge is 0.229 e. The van der Waals surface area contributed by atoms with Crippen molar-refractivity contribution in [2.75, 3.05) is 16.8 Å². The van der Waals surface area contributed by atoms with Crippen LogP contribution in [0.3, 0.4) is 0 Å². The highest BCUT2D eigenvalue weighted by Gasteiger charge is 2.30. The van der Waals surface area contributed by atoms with E-state index < -0.39 is 0 Å². The second-order valence-corrected chi connectivity index (χ2v) is 7.33. The minimum absolute atomic E-state index is 0.169. The highest BCUT2D eigenvalue weighted by atomic mass is 19.1. The van der Waals surface area contributed by atoms with Crippen LogP contribution in [0.5, 0.6) is 11.5 Å². The maximum atomic E-state index is 13.2. The quantitative estimate of drug-likeness (QED) is 0.567. The van der Waals surface area contributed by atoms with Gasteiger partial charge in [-0.3, -0.25) is 0 Å². The van der Waals surface area contributed by atoms with Crippen LogP contribution in [0.4, 0.5) is 21.8 Å². The molecule has 2 heterocycles. The molecule has 1 aliphatic heterocycles. The molecular formula is C22H23FN4O2. The number of hydrogen-bond donors (Lipinski definition) is 3. The van der Waals surface area contributed by atoms with E-state index in [0.29, 0.717) is 24.6 Å². The molecule has 1 aliphatic rings. The van der Waals surface area contributed by atoms with E-state index in [-0.39, 0.29) is 23.4 Å². The summed E-state index contributed by atoms with van der Waals surface area (Å²) in [7, 11) is 0. The van der Waals surface area contributed by atoms with Crippen LogP contribution in [0, 0.1) is 19.7 Å². The Kier molecular flexibility index (Phi) is 4.74. The van der Waals surface area contributed by atoms with E-state index in [1.165, 1.54) is 24.3 Å². The van der Waals surface area contributed by atoms with Gasteiger partial charge >= 0.3 is 0 Å². The highest BCUT2D eigenvalue weighted by molar-refractivity contribution is 5.61. The molecule has 0 aliphatic carbocycles. The van der Waals surface area contributed by atoms with Crippen molar-refractivity contribution in [3.63, 3.8) is 0 Å². The van der Waals surface area contributed by atoms with Crippen molar-refractivity contribution < 1.29 is 14.6 Å². The number of halogens is 1. The molecule has 1 aromatic heterocycles. The number of hydrogen-bond acceptors (Lipinski definition) is 6. The molecule has 6 nitrogen and oxygen atoms in total. The second-order valence-electron chi connectivity index (χ2n) is 7.33. The van der Waals surface area contributed by atoms with Crippen LogP contribution in [-0.2, 0) is 6.42 Å². The Morgan fingerprint density at radius 1 is 1.03 bits per heavy atom. The number of nitrogens with one attached hydrogen (secondary N) is 1. The standard InChI is InChI=1S/C22H23FN4O2/c1-12-13(2)24-22(25-16-6-4-15(23)5-7-16)26-21(12)27-11-10-17-18(28)8-9-19(29)20(17)14(27)3/h4-9,14,28-29H,10-11H2,1-3H3,(H,24,25,26). The molecule has 3 N–H and O–H groups in total. The van der Waals surface area contributed by atoms with E-state index >= 15 is 0 Å². The molecule has 1 unspecified atom stereocenters. The number of rotatable bonds is 3. The van der Waals surface area contributed by atoms with Crippen molar-refractivity contribution in [2.24, 2.45) is 0 Å². The monoisotopic (exact) mass is 394 g/mol. The lowest BCUT2D eigenvalue weighted by atomic mass is 9.91. The van der Waals surface area contributed by atoms with Gasteiger partial charge in [0.2, 0.25) is 5.95 Å². The molecule has 0 spiro atoms. The summed E-state index contributed by atoms with van der Waals surface area (Å²) in [5.41, 5.74) is 3.98. The van der Waals surface area contributed by atoms with Gasteiger partial charge in [-0.25, -0.2) is 9.37 Å². The Hall–Kier alpha value is -3.35. The number of aryl methyl sites for hydroxylation is 1. The van der Waals surface area contributed by atoms with Crippen molar-refractivity contribution in [3.8, 4) is 11.5 Å². The predicted molar refractivity (Wildman–Crippen MR) is 110 cm³/mol. The van der Waals surface area contributed by atoms with Crippen LogP contribution in [0.25, 0.3) is 0 Å². The number of anilines is 3. The third kappa shape index (κ3) is 3.44. The van der Waals surface area contributed by atoms with Crippen LogP contribution in [0.2, 0.25) is 0 Å². The fourth-order valence-electron chi connectivity index (χ4n) is 3.85. The van der Waals surface area contributed by atoms with Gasteiger partial charge < -0.3 is 20.4 Å². The molecular weight excluding hydrogens is 371 g/mol. The number of phenolic OH excluding ortho intramolecular Hbond substituents is 2. The Balaban J connectivity index is 1.72. The van der Waals surface area contributed by atoms with E-state index in [4.69, 9.17) is 4.98 Å². The number of fused-ring (bicyclic) bond motifs is 1. The molecule has 29 heavy (non-hydrogen) atoms. The zero-order valence-corrected chi connectivity index (χ0v) is 16.6. The molecule has 0 fully saturated rings. The lowest BCUT2D eigenvalue weighted by Gasteiger charge is -2.37. The molecule has 3 aromatic rings. The zero-order valence-electron chi connectivity index (χ0n) is 16.6. The van der Waals surface area contributed by atoms with Crippen LogP contribution < -0.4 is 10.2 Å². The van der Waals surface area contributed by atoms with Gasteiger partial charge in [0, 0.05) is 34.6 Å². The number of nitrogens with zero attached hydrogens (tertiary/aromatic N) is 3. The van der Waals surface area contributed by atoms with Gasteiger partial charge in [-0.05, 0) is 63.6 Å². The van der Waals surface area contributed by atoms with Gasteiger partial charge in [-0.15, -0.1) is 0 Å². The van der Waals surface area contributed by atoms with Crippen molar-refractivity contribution in [3.05, 3.63) is 64.6 Å². The van der Waals surface area contributed by atoms with Gasteiger partial charge in [-0.1, -0.05) is 0 Å². The number of benzene rings is 2. The van der Waals surface area contributed by atoms with E-state index in [9.17, 15) is 14.6 Å². The summed E-state index contributed by atoms with van der Waals surface area (Å²) in [6.45, 7) is 6.53. The summed E-state index contributed by atoms with van der Waals surface area (Å²) in [4.78, 5) is 11.3. The van der Waals surface area contributed by atoms with Gasteiger partial charge in [0.05, 0.1) is 6.04 Å². The fourth-order valence-corrected chi connectivity index (χ4v) is 3.85. The Morgan fingerprint density at radius 2 is 1.72 bits per heavy atom. The molecule has 0 saturated carbocycles. The first-order valence-corrected chi connectivity index (χ1v) is 9.53. The third-order valence-corrected chi connectivity index (χ3v) is 5.53. The van der Waals surface area contributed by atoms with E-state index in [1.807, 2.05) is 20.8 Å². The van der Waals surface area contributed by atoms with Crippen molar-refractivity contribution in [1.29, 1.82) is 0 Å². The minimum Gasteiger partial charge on any atom is -0.508 e. The van der Waals surface area contributed by atoms with Gasteiger partial charge in [0.15, 0.2) is 0 Å². The third-order valence-electron chi connectivity index (χ3n) is 5.53. The number of aromatic hydroxyl groups is 2. The van der Waals surface area contributed by atoms with Crippen LogP contribution in [0.1, 0.15) is 35.3 Å². The number of phenols is 2. The topological polar surface area (TPSA) is 81.5 Å². The van der Waals surface area contributed by atoms with Crippen LogP contribution >= 0.6 is 0 Å². The summed E-state index contributed by atoms with van der Waals surface area (Å²) in [5, 5.41) is 23.7. The summed E-state index contributed by atoms with van der Waals surface area (Å²) in [5.74, 6) is 1.26. The molecule has 2 aromatic carbocycles. The molecule has 0 amide bonds. The van der Waals surface area contributed by atoms with E-state index in [1.54, 1.807) is 12.1 Å². The van der Waals surface area contributed by atoms with Crippen molar-refractivity contribution in [1.82, 2.24) is 9.97 Å². The summed E-state index contributed by atoms with van der Waals surface area (Å²) >= 11 is 0. The molecule has 0 bridgehead atoms. The average Bonchev–Trinajstić information content (AvgIpc) is 2.69. The Bertz CT molecular complexity index is 1070. The van der Waals surface area contributed by atoms with Crippen LogP contribution in [0.15, 0.2) is 36.4 Å². The first-order chi connectivity index (χ1) is 13.8. The largest absolute Gasteiger partial charge is 0.508 e. The van der Waals surface area contributed by atoms with Crippen molar-refractivity contribution in [2.45, 2.75) is 33.2 Å². The Morgan fingerprint density at radius 3 is 2.45 bits per heavy atom. The predicted octanol–water partition coefficient (Wildman–Crippen LogP) is 4.51. The lowest BCUT2D eigenvalue weighted by molar-refractivity contribution is 0.433. The maximum absolute atomic E-state index is 13.2. The van der Waals surface area contributed by atoms with E-state index in [2.05, 4.69) is 15.2 Å². The number of aromatic nitrogens is 2. The molecule has 0 radical (unpaired) electrons.